The van der Waals surface area contributed by atoms with Crippen LogP contribution < -0.4 is 4.90 Å². The maximum absolute atomic E-state index is 12.2. The highest BCUT2D eigenvalue weighted by molar-refractivity contribution is 5.83. The van der Waals surface area contributed by atoms with Crippen LogP contribution in [-0.4, -0.2) is 35.8 Å². The zero-order valence-electron chi connectivity index (χ0n) is 13.6. The Kier molecular flexibility index (Phi) is 4.22. The SMILES string of the molecule is CCOC(=O)C1(C)CCN(c2nc3ccccc3cc2CO)C1. The van der Waals surface area contributed by atoms with Crippen LogP contribution in [0.3, 0.4) is 0 Å². The van der Waals surface area contributed by atoms with E-state index in [1.54, 1.807) is 0 Å². The van der Waals surface area contributed by atoms with E-state index >= 15 is 0 Å². The third kappa shape index (κ3) is 2.88. The molecule has 1 unspecified atom stereocenters. The van der Waals surface area contributed by atoms with Gasteiger partial charge in [-0.3, -0.25) is 4.79 Å². The van der Waals surface area contributed by atoms with Crippen LogP contribution in [0.5, 0.6) is 0 Å². The topological polar surface area (TPSA) is 62.7 Å². The van der Waals surface area contributed by atoms with Crippen molar-refractivity contribution in [2.24, 2.45) is 5.41 Å². The molecule has 122 valence electrons. The molecule has 0 radical (unpaired) electrons. The molecule has 5 nitrogen and oxygen atoms in total. The van der Waals surface area contributed by atoms with E-state index in [4.69, 9.17) is 9.72 Å². The number of rotatable bonds is 4. The number of carbonyl (C=O) groups excluding carboxylic acids is 1. The number of aliphatic hydroxyl groups excluding tert-OH is 1. The van der Waals surface area contributed by atoms with Gasteiger partial charge < -0.3 is 14.7 Å². The molecule has 1 aliphatic heterocycles. The van der Waals surface area contributed by atoms with Gasteiger partial charge in [-0.15, -0.1) is 0 Å². The summed E-state index contributed by atoms with van der Waals surface area (Å²) in [7, 11) is 0. The molecule has 23 heavy (non-hydrogen) atoms. The number of nitrogens with zero attached hydrogens (tertiary/aromatic N) is 2. The van der Waals surface area contributed by atoms with Crippen LogP contribution in [0.25, 0.3) is 10.9 Å². The molecule has 0 aliphatic carbocycles. The number of aliphatic hydroxyl groups is 1. The molecule has 2 heterocycles. The number of hydrogen-bond acceptors (Lipinski definition) is 5. The lowest BCUT2D eigenvalue weighted by molar-refractivity contribution is -0.153. The average Bonchev–Trinajstić information content (AvgIpc) is 2.97. The molecular formula is C18H22N2O3. The fraction of sp³-hybridized carbons (Fsp3) is 0.444. The zero-order chi connectivity index (χ0) is 16.4. The first-order valence-electron chi connectivity index (χ1n) is 7.99. The highest BCUT2D eigenvalue weighted by Gasteiger charge is 2.42. The van der Waals surface area contributed by atoms with E-state index in [1.807, 2.05) is 44.2 Å². The Bertz CT molecular complexity index is 731. The monoisotopic (exact) mass is 314 g/mol. The maximum Gasteiger partial charge on any atom is 0.313 e. The van der Waals surface area contributed by atoms with Crippen molar-refractivity contribution < 1.29 is 14.6 Å². The highest BCUT2D eigenvalue weighted by Crippen LogP contribution is 2.35. The summed E-state index contributed by atoms with van der Waals surface area (Å²) in [5.41, 5.74) is 1.16. The van der Waals surface area contributed by atoms with Gasteiger partial charge in [0.25, 0.3) is 0 Å². The van der Waals surface area contributed by atoms with E-state index in [2.05, 4.69) is 4.90 Å². The van der Waals surface area contributed by atoms with Crippen LogP contribution in [0.15, 0.2) is 30.3 Å². The van der Waals surface area contributed by atoms with Gasteiger partial charge in [0.15, 0.2) is 0 Å². The second-order valence-corrected chi connectivity index (χ2v) is 6.27. The van der Waals surface area contributed by atoms with Gasteiger partial charge in [-0.05, 0) is 32.4 Å². The number of anilines is 1. The van der Waals surface area contributed by atoms with E-state index in [1.165, 1.54) is 0 Å². The summed E-state index contributed by atoms with van der Waals surface area (Å²) >= 11 is 0. The second kappa shape index (κ2) is 6.16. The molecular weight excluding hydrogens is 292 g/mol. The highest BCUT2D eigenvalue weighted by atomic mass is 16.5. The summed E-state index contributed by atoms with van der Waals surface area (Å²) in [6, 6.07) is 9.82. The molecule has 1 N–H and O–H groups in total. The molecule has 1 aromatic heterocycles. The summed E-state index contributed by atoms with van der Waals surface area (Å²) in [5.74, 6) is 0.605. The van der Waals surface area contributed by atoms with Crippen molar-refractivity contribution in [3.05, 3.63) is 35.9 Å². The summed E-state index contributed by atoms with van der Waals surface area (Å²) < 4.78 is 5.20. The molecule has 0 amide bonds. The lowest BCUT2D eigenvalue weighted by Gasteiger charge is -2.24. The summed E-state index contributed by atoms with van der Waals surface area (Å²) in [6.45, 7) is 5.37. The van der Waals surface area contributed by atoms with Gasteiger partial charge in [0, 0.05) is 24.0 Å². The van der Waals surface area contributed by atoms with E-state index in [0.717, 1.165) is 35.2 Å². The first kappa shape index (κ1) is 15.7. The van der Waals surface area contributed by atoms with Crippen molar-refractivity contribution >= 4 is 22.7 Å². The van der Waals surface area contributed by atoms with Crippen LogP contribution >= 0.6 is 0 Å². The van der Waals surface area contributed by atoms with Crippen LogP contribution in [0.4, 0.5) is 5.82 Å². The number of aromatic nitrogens is 1. The summed E-state index contributed by atoms with van der Waals surface area (Å²) in [6.07, 6.45) is 0.727. The first-order chi connectivity index (χ1) is 11.1. The van der Waals surface area contributed by atoms with Crippen LogP contribution in [0.1, 0.15) is 25.8 Å². The molecule has 1 aliphatic rings. The normalized spacial score (nSPS) is 20.9. The van der Waals surface area contributed by atoms with Crippen molar-refractivity contribution in [2.45, 2.75) is 26.9 Å². The molecule has 5 heteroatoms. The summed E-state index contributed by atoms with van der Waals surface area (Å²) in [5, 5.41) is 10.7. The van der Waals surface area contributed by atoms with E-state index < -0.39 is 5.41 Å². The van der Waals surface area contributed by atoms with Gasteiger partial charge in [-0.2, -0.15) is 0 Å². The fourth-order valence-electron chi connectivity index (χ4n) is 3.15. The number of fused-ring (bicyclic) bond motifs is 1. The van der Waals surface area contributed by atoms with Crippen molar-refractivity contribution in [1.82, 2.24) is 4.98 Å². The van der Waals surface area contributed by atoms with Crippen LogP contribution in [-0.2, 0) is 16.1 Å². The van der Waals surface area contributed by atoms with Crippen molar-refractivity contribution in [1.29, 1.82) is 0 Å². The summed E-state index contributed by atoms with van der Waals surface area (Å²) in [4.78, 5) is 19.0. The minimum absolute atomic E-state index is 0.0697. The van der Waals surface area contributed by atoms with E-state index in [0.29, 0.717) is 13.2 Å². The quantitative estimate of drug-likeness (QED) is 0.879. The molecule has 0 spiro atoms. The van der Waals surface area contributed by atoms with E-state index in [-0.39, 0.29) is 12.6 Å². The Morgan fingerprint density at radius 2 is 2.22 bits per heavy atom. The molecule has 3 rings (SSSR count). The Balaban J connectivity index is 1.93. The fourth-order valence-corrected chi connectivity index (χ4v) is 3.15. The van der Waals surface area contributed by atoms with Crippen LogP contribution in [0, 0.1) is 5.41 Å². The lowest BCUT2D eigenvalue weighted by atomic mass is 9.90. The van der Waals surface area contributed by atoms with Crippen LogP contribution in [0.2, 0.25) is 0 Å². The Morgan fingerprint density at radius 1 is 1.43 bits per heavy atom. The third-order valence-electron chi connectivity index (χ3n) is 4.49. The average molecular weight is 314 g/mol. The second-order valence-electron chi connectivity index (χ2n) is 6.27. The van der Waals surface area contributed by atoms with Crippen molar-refractivity contribution in [3.63, 3.8) is 0 Å². The number of hydrogen-bond donors (Lipinski definition) is 1. The zero-order valence-corrected chi connectivity index (χ0v) is 13.6. The Labute approximate surface area is 135 Å². The third-order valence-corrected chi connectivity index (χ3v) is 4.49. The number of carbonyl (C=O) groups is 1. The number of benzene rings is 1. The molecule has 0 saturated carbocycles. The predicted molar refractivity (Wildman–Crippen MR) is 89.2 cm³/mol. The molecule has 2 aromatic rings. The standard InChI is InChI=1S/C18H22N2O3/c1-3-23-17(22)18(2)8-9-20(12-18)16-14(11-21)10-13-6-4-5-7-15(13)19-16/h4-7,10,21H,3,8-9,11-12H2,1-2H3. The molecule has 1 fully saturated rings. The Hall–Kier alpha value is -2.14. The van der Waals surface area contributed by atoms with Gasteiger partial charge >= 0.3 is 5.97 Å². The molecule has 1 atom stereocenters. The van der Waals surface area contributed by atoms with Gasteiger partial charge in [-0.25, -0.2) is 4.98 Å². The van der Waals surface area contributed by atoms with Gasteiger partial charge in [0.05, 0.1) is 24.1 Å². The lowest BCUT2D eigenvalue weighted by Crippen LogP contribution is -2.34. The molecule has 1 saturated heterocycles. The van der Waals surface area contributed by atoms with Crippen molar-refractivity contribution in [3.8, 4) is 0 Å². The minimum atomic E-state index is -0.518. The molecule has 1 aromatic carbocycles. The molecule has 0 bridgehead atoms. The smallest absolute Gasteiger partial charge is 0.313 e. The number of pyridine rings is 1. The predicted octanol–water partition coefficient (Wildman–Crippen LogP) is 2.51. The number of esters is 1. The first-order valence-corrected chi connectivity index (χ1v) is 7.99. The minimum Gasteiger partial charge on any atom is -0.466 e. The Morgan fingerprint density at radius 3 is 2.96 bits per heavy atom. The van der Waals surface area contributed by atoms with Gasteiger partial charge in [-0.1, -0.05) is 18.2 Å². The number of para-hydroxylation sites is 1. The van der Waals surface area contributed by atoms with Crippen molar-refractivity contribution in [2.75, 3.05) is 24.6 Å². The van der Waals surface area contributed by atoms with E-state index in [9.17, 15) is 9.90 Å². The number of ether oxygens (including phenoxy) is 1. The maximum atomic E-state index is 12.2. The van der Waals surface area contributed by atoms with Gasteiger partial charge in [0.2, 0.25) is 0 Å². The van der Waals surface area contributed by atoms with Gasteiger partial charge in [0.1, 0.15) is 5.82 Å². The largest absolute Gasteiger partial charge is 0.466 e.